The van der Waals surface area contributed by atoms with Crippen LogP contribution in [0.25, 0.3) is 0 Å². The first-order valence-electron chi connectivity index (χ1n) is 15.6. The van der Waals surface area contributed by atoms with Crippen LogP contribution in [0.5, 0.6) is 5.75 Å². The van der Waals surface area contributed by atoms with Gasteiger partial charge < -0.3 is 24.0 Å². The average Bonchev–Trinajstić information content (AvgIpc) is 3.15. The molecule has 0 radical (unpaired) electrons. The van der Waals surface area contributed by atoms with Gasteiger partial charge in [0.1, 0.15) is 5.75 Å². The van der Waals surface area contributed by atoms with Crippen molar-refractivity contribution in [3.05, 3.63) is 70.3 Å². The zero-order chi connectivity index (χ0) is 30.1. The topological polar surface area (TPSA) is 68.3 Å². The maximum atomic E-state index is 13.3. The monoisotopic (exact) mass is 606 g/mol. The van der Waals surface area contributed by atoms with Crippen molar-refractivity contribution in [3.8, 4) is 5.75 Å². The van der Waals surface area contributed by atoms with Gasteiger partial charge in [-0.05, 0) is 91.3 Å². The Morgan fingerprint density at radius 1 is 1.14 bits per heavy atom. The fourth-order valence-corrected chi connectivity index (χ4v) is 7.91. The first kappa shape index (κ1) is 30.0. The minimum absolute atomic E-state index is 0.0388. The number of nitrogens with zero attached hydrogens (tertiary/aromatic N) is 2. The van der Waals surface area contributed by atoms with Crippen LogP contribution in [-0.4, -0.2) is 70.4 Å². The van der Waals surface area contributed by atoms with E-state index < -0.39 is 11.9 Å². The summed E-state index contributed by atoms with van der Waals surface area (Å²) in [6.45, 7) is 2.83. The number of rotatable bonds is 2. The van der Waals surface area contributed by atoms with Crippen molar-refractivity contribution in [3.63, 3.8) is 0 Å². The van der Waals surface area contributed by atoms with E-state index in [2.05, 4.69) is 35.3 Å². The maximum Gasteiger partial charge on any atom is 0.313 e. The van der Waals surface area contributed by atoms with Gasteiger partial charge in [0.2, 0.25) is 5.91 Å². The van der Waals surface area contributed by atoms with Crippen LogP contribution in [0.4, 0.5) is 5.69 Å². The lowest BCUT2D eigenvalue weighted by atomic mass is 9.68. The Labute approximate surface area is 260 Å². The molecule has 0 aromatic heterocycles. The van der Waals surface area contributed by atoms with Gasteiger partial charge >= 0.3 is 5.97 Å². The summed E-state index contributed by atoms with van der Waals surface area (Å²) >= 11 is 6.44. The number of fused-ring (bicyclic) bond motifs is 4. The van der Waals surface area contributed by atoms with Gasteiger partial charge in [0.05, 0.1) is 31.4 Å². The van der Waals surface area contributed by atoms with Crippen LogP contribution in [0.2, 0.25) is 5.02 Å². The smallest absolute Gasteiger partial charge is 0.313 e. The van der Waals surface area contributed by atoms with Crippen LogP contribution in [0, 0.1) is 11.8 Å². The average molecular weight is 607 g/mol. The Morgan fingerprint density at radius 3 is 2.77 bits per heavy atom. The highest BCUT2D eigenvalue weighted by Crippen LogP contribution is 2.47. The summed E-state index contributed by atoms with van der Waals surface area (Å²) in [5.41, 5.74) is 4.21. The molecule has 4 aliphatic rings. The molecule has 1 amide bonds. The van der Waals surface area contributed by atoms with Crippen LogP contribution in [0.1, 0.15) is 61.1 Å². The fraction of sp³-hybridized carbons (Fsp3) is 0.543. The number of amides is 1. The van der Waals surface area contributed by atoms with E-state index in [1.165, 1.54) is 18.2 Å². The number of halogens is 1. The third-order valence-corrected chi connectivity index (χ3v) is 10.6. The number of aryl methyl sites for hydroxylation is 1. The van der Waals surface area contributed by atoms with Gasteiger partial charge in [-0.3, -0.25) is 9.59 Å². The minimum Gasteiger partial charge on any atom is -0.490 e. The highest BCUT2D eigenvalue weighted by atomic mass is 35.5. The lowest BCUT2D eigenvalue weighted by molar-refractivity contribution is -0.145. The molecule has 0 N–H and O–H groups in total. The Balaban J connectivity index is 1.44. The molecule has 2 aliphatic heterocycles. The largest absolute Gasteiger partial charge is 0.490 e. The molecule has 1 saturated carbocycles. The number of carbonyl (C=O) groups is 2. The molecule has 2 heterocycles. The van der Waals surface area contributed by atoms with Crippen LogP contribution < -0.4 is 9.64 Å². The third kappa shape index (κ3) is 5.91. The molecule has 230 valence electrons. The van der Waals surface area contributed by atoms with Crippen LogP contribution in [-0.2, 0) is 30.9 Å². The minimum atomic E-state index is -0.695. The fourth-order valence-electron chi connectivity index (χ4n) is 7.71. The SMILES string of the molecule is COC(=O)[C@@H]1CC(=O)N(C)CC/C=C/[C@H](OC)[C@@H]2CC[C@H]2CN2C[C@@]3(CCCc4cc(Cl)ccc43)COc3ccc1cc32. The second kappa shape index (κ2) is 12.5. The van der Waals surface area contributed by atoms with E-state index in [1.807, 2.05) is 18.2 Å². The maximum absolute atomic E-state index is 13.3. The van der Waals surface area contributed by atoms with Crippen LogP contribution in [0.3, 0.4) is 0 Å². The van der Waals surface area contributed by atoms with E-state index in [1.54, 1.807) is 19.1 Å². The Bertz CT molecular complexity index is 1390. The van der Waals surface area contributed by atoms with E-state index in [9.17, 15) is 9.59 Å². The third-order valence-electron chi connectivity index (χ3n) is 10.3. The summed E-state index contributed by atoms with van der Waals surface area (Å²) < 4.78 is 17.9. The van der Waals surface area contributed by atoms with E-state index in [0.717, 1.165) is 73.6 Å². The number of esters is 1. The van der Waals surface area contributed by atoms with Gasteiger partial charge in [-0.2, -0.15) is 0 Å². The molecular formula is C35H43ClN2O5. The predicted molar refractivity (Wildman–Crippen MR) is 168 cm³/mol. The number of methoxy groups -OCH3 is 2. The summed E-state index contributed by atoms with van der Waals surface area (Å²) in [4.78, 5) is 30.6. The van der Waals surface area contributed by atoms with Crippen molar-refractivity contribution in [2.75, 3.05) is 52.4 Å². The predicted octanol–water partition coefficient (Wildman–Crippen LogP) is 5.92. The number of hydrogen-bond acceptors (Lipinski definition) is 6. The molecule has 2 aromatic rings. The number of benzene rings is 2. The zero-order valence-electron chi connectivity index (χ0n) is 25.5. The second-order valence-corrected chi connectivity index (χ2v) is 13.3. The number of anilines is 1. The van der Waals surface area contributed by atoms with Crippen molar-refractivity contribution < 1.29 is 23.8 Å². The van der Waals surface area contributed by atoms with E-state index >= 15 is 0 Å². The summed E-state index contributed by atoms with van der Waals surface area (Å²) in [5.74, 6) is 0.510. The molecule has 1 spiro atoms. The van der Waals surface area contributed by atoms with E-state index in [4.69, 9.17) is 25.8 Å². The molecule has 43 heavy (non-hydrogen) atoms. The summed E-state index contributed by atoms with van der Waals surface area (Å²) in [6, 6.07) is 12.3. The normalized spacial score (nSPS) is 29.9. The van der Waals surface area contributed by atoms with Gasteiger partial charge in [-0.25, -0.2) is 0 Å². The quantitative estimate of drug-likeness (QED) is 0.312. The highest BCUT2D eigenvalue weighted by Gasteiger charge is 2.44. The van der Waals surface area contributed by atoms with Crippen LogP contribution in [0.15, 0.2) is 48.6 Å². The van der Waals surface area contributed by atoms with Crippen molar-refractivity contribution in [1.29, 1.82) is 0 Å². The second-order valence-electron chi connectivity index (χ2n) is 12.8. The number of hydrogen-bond donors (Lipinski definition) is 0. The standard InChI is InChI=1S/C35H43ClN2O5/c1-37-16-5-4-8-31(41-2)27-12-9-25(27)20-38-21-35(15-6-7-24-17-26(36)11-13-29(24)35)22-43-32-14-10-23(18-30(32)38)28(19-33(37)39)34(40)42-3/h4,8,10-11,13-14,17-18,25,27-28,31H,5-7,9,12,15-16,19-22H2,1-3H3/b8-4+/t25-,27+,28+,31-,35-/m0/s1. The Kier molecular flexibility index (Phi) is 8.74. The molecule has 2 bridgehead atoms. The first-order valence-corrected chi connectivity index (χ1v) is 16.0. The molecule has 6 rings (SSSR count). The lowest BCUT2D eigenvalue weighted by Crippen LogP contribution is -2.49. The molecular weight excluding hydrogens is 564 g/mol. The van der Waals surface area contributed by atoms with E-state index in [0.29, 0.717) is 25.0 Å². The first-order chi connectivity index (χ1) is 20.8. The van der Waals surface area contributed by atoms with Crippen LogP contribution >= 0.6 is 11.6 Å². The van der Waals surface area contributed by atoms with Crippen molar-refractivity contribution in [1.82, 2.24) is 4.90 Å². The molecule has 0 unspecified atom stereocenters. The van der Waals surface area contributed by atoms with Crippen molar-refractivity contribution in [2.24, 2.45) is 11.8 Å². The molecule has 0 saturated heterocycles. The number of ether oxygens (including phenoxy) is 3. The zero-order valence-corrected chi connectivity index (χ0v) is 26.3. The Morgan fingerprint density at radius 2 is 2.00 bits per heavy atom. The molecule has 2 aromatic carbocycles. The van der Waals surface area contributed by atoms with Crippen molar-refractivity contribution >= 4 is 29.2 Å². The summed E-state index contributed by atoms with van der Waals surface area (Å²) in [5, 5.41) is 0.772. The van der Waals surface area contributed by atoms with Gasteiger partial charge in [0.15, 0.2) is 0 Å². The Hall–Kier alpha value is -3.03. The molecule has 5 atom stereocenters. The van der Waals surface area contributed by atoms with E-state index in [-0.39, 0.29) is 23.8 Å². The lowest BCUT2D eigenvalue weighted by Gasteiger charge is -2.46. The van der Waals surface area contributed by atoms with Gasteiger partial charge in [0, 0.05) is 50.7 Å². The molecule has 1 fully saturated rings. The molecule has 8 heteroatoms. The summed E-state index contributed by atoms with van der Waals surface area (Å²) in [7, 11) is 4.98. The van der Waals surface area contributed by atoms with Gasteiger partial charge in [-0.1, -0.05) is 35.9 Å². The van der Waals surface area contributed by atoms with Crippen molar-refractivity contribution in [2.45, 2.75) is 62.4 Å². The summed E-state index contributed by atoms with van der Waals surface area (Å²) in [6.07, 6.45) is 10.5. The highest BCUT2D eigenvalue weighted by molar-refractivity contribution is 6.30. The van der Waals surface area contributed by atoms with Gasteiger partial charge in [0.25, 0.3) is 0 Å². The van der Waals surface area contributed by atoms with Gasteiger partial charge in [-0.15, -0.1) is 0 Å². The molecule has 7 nitrogen and oxygen atoms in total. The number of carbonyl (C=O) groups excluding carboxylic acids is 2. The molecule has 2 aliphatic carbocycles.